The summed E-state index contributed by atoms with van der Waals surface area (Å²) in [6.07, 6.45) is -0.464. The van der Waals surface area contributed by atoms with Crippen LogP contribution in [0.4, 0.5) is 14.9 Å². The molecule has 1 aliphatic heterocycles. The summed E-state index contributed by atoms with van der Waals surface area (Å²) in [7, 11) is 1.54. The number of cyclic esters (lactones) is 1. The average Bonchev–Trinajstić information content (AvgIpc) is 2.46. The number of amides is 1. The first-order chi connectivity index (χ1) is 9.67. The summed E-state index contributed by atoms with van der Waals surface area (Å²) in [6.45, 7) is 0.201. The summed E-state index contributed by atoms with van der Waals surface area (Å²) in [6, 6.07) is 9.79. The summed E-state index contributed by atoms with van der Waals surface area (Å²) in [4.78, 5) is 11.1. The highest BCUT2D eigenvalue weighted by atomic mass is 19.1. The van der Waals surface area contributed by atoms with Crippen LogP contribution in [0.15, 0.2) is 36.4 Å². The molecule has 0 saturated heterocycles. The van der Waals surface area contributed by atoms with Crippen molar-refractivity contribution < 1.29 is 18.7 Å². The summed E-state index contributed by atoms with van der Waals surface area (Å²) >= 11 is 0. The van der Waals surface area contributed by atoms with Crippen molar-refractivity contribution in [2.75, 3.05) is 12.4 Å². The minimum Gasteiger partial charge on any atom is -0.496 e. The van der Waals surface area contributed by atoms with Crippen molar-refractivity contribution in [3.63, 3.8) is 0 Å². The van der Waals surface area contributed by atoms with Gasteiger partial charge in [0.15, 0.2) is 0 Å². The molecule has 5 heteroatoms. The molecule has 2 aromatic rings. The van der Waals surface area contributed by atoms with Gasteiger partial charge in [0.05, 0.1) is 12.8 Å². The molecule has 0 spiro atoms. The molecule has 4 nitrogen and oxygen atoms in total. The van der Waals surface area contributed by atoms with Gasteiger partial charge in [-0.15, -0.1) is 0 Å². The van der Waals surface area contributed by atoms with Crippen LogP contribution in [-0.4, -0.2) is 13.2 Å². The molecule has 0 fully saturated rings. The lowest BCUT2D eigenvalue weighted by Gasteiger charge is -2.18. The lowest BCUT2D eigenvalue weighted by Crippen LogP contribution is -2.20. The zero-order chi connectivity index (χ0) is 14.1. The number of halogens is 1. The van der Waals surface area contributed by atoms with E-state index in [1.165, 1.54) is 12.1 Å². The summed E-state index contributed by atoms with van der Waals surface area (Å²) in [5.74, 6) is 0.259. The van der Waals surface area contributed by atoms with Gasteiger partial charge in [0, 0.05) is 11.1 Å². The fourth-order valence-corrected chi connectivity index (χ4v) is 2.20. The minimum absolute atomic E-state index is 0.201. The third-order valence-corrected chi connectivity index (χ3v) is 3.17. The highest BCUT2D eigenvalue weighted by Gasteiger charge is 2.17. The number of ether oxygens (including phenoxy) is 2. The number of carbonyl (C=O) groups excluding carboxylic acids is 1. The molecule has 1 amide bonds. The molecule has 0 unspecified atom stereocenters. The molecule has 0 bridgehead atoms. The van der Waals surface area contributed by atoms with E-state index in [0.29, 0.717) is 17.0 Å². The second-order valence-electron chi connectivity index (χ2n) is 4.42. The van der Waals surface area contributed by atoms with Gasteiger partial charge in [0.25, 0.3) is 0 Å². The largest absolute Gasteiger partial charge is 0.496 e. The maximum absolute atomic E-state index is 13.4. The van der Waals surface area contributed by atoms with Crippen molar-refractivity contribution in [1.29, 1.82) is 0 Å². The fourth-order valence-electron chi connectivity index (χ4n) is 2.20. The lowest BCUT2D eigenvalue weighted by atomic mass is 10.0. The van der Waals surface area contributed by atoms with E-state index in [4.69, 9.17) is 9.47 Å². The van der Waals surface area contributed by atoms with Gasteiger partial charge < -0.3 is 9.47 Å². The predicted molar refractivity (Wildman–Crippen MR) is 72.2 cm³/mol. The van der Waals surface area contributed by atoms with E-state index in [9.17, 15) is 9.18 Å². The van der Waals surface area contributed by atoms with Gasteiger partial charge in [0.1, 0.15) is 18.2 Å². The maximum Gasteiger partial charge on any atom is 0.411 e. The molecule has 0 aliphatic carbocycles. The molecular formula is C15H12FNO3. The number of nitrogens with one attached hydrogen (secondary N) is 1. The van der Waals surface area contributed by atoms with Crippen LogP contribution in [0.1, 0.15) is 5.56 Å². The Labute approximate surface area is 115 Å². The van der Waals surface area contributed by atoms with Crippen LogP contribution in [0.25, 0.3) is 11.1 Å². The van der Waals surface area contributed by atoms with Gasteiger partial charge in [-0.1, -0.05) is 6.07 Å². The molecule has 0 aromatic heterocycles. The van der Waals surface area contributed by atoms with Crippen molar-refractivity contribution in [3.8, 4) is 16.9 Å². The highest BCUT2D eigenvalue weighted by Crippen LogP contribution is 2.34. The second kappa shape index (κ2) is 4.85. The lowest BCUT2D eigenvalue weighted by molar-refractivity contribution is 0.151. The van der Waals surface area contributed by atoms with Gasteiger partial charge in [-0.2, -0.15) is 0 Å². The molecule has 0 atom stereocenters. The van der Waals surface area contributed by atoms with Crippen LogP contribution in [0.5, 0.6) is 5.75 Å². The van der Waals surface area contributed by atoms with Crippen LogP contribution in [-0.2, 0) is 11.3 Å². The molecule has 3 rings (SSSR count). The van der Waals surface area contributed by atoms with E-state index in [1.54, 1.807) is 19.2 Å². The van der Waals surface area contributed by atoms with Gasteiger partial charge in [0.2, 0.25) is 0 Å². The zero-order valence-corrected chi connectivity index (χ0v) is 10.8. The van der Waals surface area contributed by atoms with Crippen molar-refractivity contribution in [2.24, 2.45) is 0 Å². The van der Waals surface area contributed by atoms with Crippen molar-refractivity contribution in [1.82, 2.24) is 0 Å². The van der Waals surface area contributed by atoms with Crippen LogP contribution >= 0.6 is 0 Å². The van der Waals surface area contributed by atoms with Crippen molar-refractivity contribution in [3.05, 3.63) is 47.8 Å². The third kappa shape index (κ3) is 2.18. The van der Waals surface area contributed by atoms with E-state index in [2.05, 4.69) is 5.32 Å². The van der Waals surface area contributed by atoms with Gasteiger partial charge in [-0.05, 0) is 35.9 Å². The number of carbonyl (C=O) groups is 1. The molecule has 102 valence electrons. The van der Waals surface area contributed by atoms with Crippen LogP contribution in [0.2, 0.25) is 0 Å². The van der Waals surface area contributed by atoms with Crippen LogP contribution < -0.4 is 10.1 Å². The summed E-state index contributed by atoms with van der Waals surface area (Å²) in [5.41, 5.74) is 3.01. The fraction of sp³-hybridized carbons (Fsp3) is 0.133. The number of hydrogen-bond acceptors (Lipinski definition) is 3. The Morgan fingerprint density at radius 1 is 1.25 bits per heavy atom. The molecular weight excluding hydrogens is 261 g/mol. The molecule has 1 heterocycles. The van der Waals surface area contributed by atoms with E-state index >= 15 is 0 Å². The first-order valence-electron chi connectivity index (χ1n) is 6.08. The van der Waals surface area contributed by atoms with E-state index in [1.807, 2.05) is 12.1 Å². The number of rotatable bonds is 2. The number of hydrogen-bond donors (Lipinski definition) is 1. The first kappa shape index (κ1) is 12.5. The van der Waals surface area contributed by atoms with E-state index in [0.717, 1.165) is 11.1 Å². The normalized spacial score (nSPS) is 13.2. The van der Waals surface area contributed by atoms with Gasteiger partial charge in [-0.3, -0.25) is 5.32 Å². The third-order valence-electron chi connectivity index (χ3n) is 3.17. The summed E-state index contributed by atoms with van der Waals surface area (Å²) in [5, 5.41) is 2.61. The molecule has 0 radical (unpaired) electrons. The molecule has 1 N–H and O–H groups in total. The highest BCUT2D eigenvalue weighted by molar-refractivity contribution is 5.88. The number of fused-ring (bicyclic) bond motifs is 1. The van der Waals surface area contributed by atoms with E-state index < -0.39 is 6.09 Å². The van der Waals surface area contributed by atoms with Crippen LogP contribution in [0.3, 0.4) is 0 Å². The van der Waals surface area contributed by atoms with Gasteiger partial charge in [-0.25, -0.2) is 9.18 Å². The standard InChI is InChI=1S/C15H12FNO3/c1-19-14-5-3-11(16)7-12(14)9-2-4-13-10(6-9)8-20-15(18)17-13/h2-7H,8H2,1H3,(H,17,18). The molecule has 1 aliphatic rings. The number of benzene rings is 2. The Bertz CT molecular complexity index is 685. The Hall–Kier alpha value is -2.56. The minimum atomic E-state index is -0.464. The zero-order valence-electron chi connectivity index (χ0n) is 10.8. The van der Waals surface area contributed by atoms with Crippen LogP contribution in [0, 0.1) is 5.82 Å². The number of methoxy groups -OCH3 is 1. The Morgan fingerprint density at radius 3 is 2.90 bits per heavy atom. The molecule has 0 saturated carbocycles. The monoisotopic (exact) mass is 273 g/mol. The molecule has 20 heavy (non-hydrogen) atoms. The Kier molecular flexibility index (Phi) is 3.02. The van der Waals surface area contributed by atoms with Crippen molar-refractivity contribution in [2.45, 2.75) is 6.61 Å². The van der Waals surface area contributed by atoms with Gasteiger partial charge >= 0.3 is 6.09 Å². The predicted octanol–water partition coefficient (Wildman–Crippen LogP) is 3.56. The maximum atomic E-state index is 13.4. The molecule has 2 aromatic carbocycles. The SMILES string of the molecule is COc1ccc(F)cc1-c1ccc2c(c1)COC(=O)N2. The number of anilines is 1. The first-order valence-corrected chi connectivity index (χ1v) is 6.08. The Morgan fingerprint density at radius 2 is 2.10 bits per heavy atom. The summed E-state index contributed by atoms with van der Waals surface area (Å²) < 4.78 is 23.6. The quantitative estimate of drug-likeness (QED) is 0.910. The van der Waals surface area contributed by atoms with Crippen molar-refractivity contribution >= 4 is 11.8 Å². The second-order valence-corrected chi connectivity index (χ2v) is 4.42. The topological polar surface area (TPSA) is 47.6 Å². The average molecular weight is 273 g/mol. The van der Waals surface area contributed by atoms with E-state index in [-0.39, 0.29) is 12.4 Å². The smallest absolute Gasteiger partial charge is 0.411 e. The Balaban J connectivity index is 2.07.